The lowest BCUT2D eigenvalue weighted by atomic mass is 9.78. The van der Waals surface area contributed by atoms with Crippen molar-refractivity contribution in [3.8, 4) is 11.4 Å². The molecule has 2 saturated heterocycles. The van der Waals surface area contributed by atoms with Crippen LogP contribution in [0.2, 0.25) is 0 Å². The monoisotopic (exact) mass is 413 g/mol. The summed E-state index contributed by atoms with van der Waals surface area (Å²) in [6.07, 6.45) is 4.65. The minimum atomic E-state index is -0.661. The third kappa shape index (κ3) is 4.73. The molecule has 0 radical (unpaired) electrons. The highest BCUT2D eigenvalue weighted by molar-refractivity contribution is 5.76. The summed E-state index contributed by atoms with van der Waals surface area (Å²) in [5.41, 5.74) is 1.14. The summed E-state index contributed by atoms with van der Waals surface area (Å²) in [6, 6.07) is 7.94. The number of aromatic nitrogens is 2. The van der Waals surface area contributed by atoms with E-state index in [9.17, 15) is 9.90 Å². The molecule has 1 aromatic heterocycles. The van der Waals surface area contributed by atoms with Crippen molar-refractivity contribution in [1.82, 2.24) is 15.0 Å². The molecular weight excluding hydrogens is 382 g/mol. The molecule has 4 rings (SSSR count). The number of carbonyl (C=O) groups excluding carboxylic acids is 1. The summed E-state index contributed by atoms with van der Waals surface area (Å²) in [4.78, 5) is 19.0. The van der Waals surface area contributed by atoms with Gasteiger partial charge < -0.3 is 19.3 Å². The van der Waals surface area contributed by atoms with Crippen LogP contribution in [-0.2, 0) is 16.0 Å². The van der Waals surface area contributed by atoms with E-state index in [2.05, 4.69) is 10.1 Å². The average Bonchev–Trinajstić information content (AvgIpc) is 3.16. The molecule has 2 aliphatic heterocycles. The second-order valence-electron chi connectivity index (χ2n) is 9.02. The van der Waals surface area contributed by atoms with Gasteiger partial charge in [0.05, 0.1) is 17.8 Å². The quantitative estimate of drug-likeness (QED) is 0.809. The fraction of sp³-hybridized carbons (Fsp3) is 0.609. The van der Waals surface area contributed by atoms with Crippen molar-refractivity contribution in [2.75, 3.05) is 19.7 Å². The van der Waals surface area contributed by atoms with Crippen molar-refractivity contribution in [3.05, 3.63) is 35.7 Å². The number of amides is 1. The Morgan fingerprint density at radius 3 is 2.73 bits per heavy atom. The fourth-order valence-electron chi connectivity index (χ4n) is 4.64. The lowest BCUT2D eigenvalue weighted by Gasteiger charge is -2.48. The minimum absolute atomic E-state index is 0.158. The summed E-state index contributed by atoms with van der Waals surface area (Å²) in [5.74, 6) is 1.32. The van der Waals surface area contributed by atoms with E-state index in [0.29, 0.717) is 63.5 Å². The predicted molar refractivity (Wildman–Crippen MR) is 112 cm³/mol. The molecule has 30 heavy (non-hydrogen) atoms. The third-order valence-electron chi connectivity index (χ3n) is 6.41. The molecule has 1 spiro atoms. The largest absolute Gasteiger partial charge is 0.390 e. The van der Waals surface area contributed by atoms with E-state index in [1.165, 1.54) is 0 Å². The summed E-state index contributed by atoms with van der Waals surface area (Å²) in [7, 11) is 0. The SMILES string of the molecule is Cc1ccccc1-c1noc(CCCC(=O)N2CCC3(CC2)CC(C)(O)CCO3)n1. The van der Waals surface area contributed by atoms with Crippen LogP contribution in [0.4, 0.5) is 0 Å². The minimum Gasteiger partial charge on any atom is -0.390 e. The summed E-state index contributed by atoms with van der Waals surface area (Å²) in [6.45, 7) is 5.87. The lowest BCUT2D eigenvalue weighted by molar-refractivity contribution is -0.175. The second kappa shape index (κ2) is 8.47. The molecule has 2 fully saturated rings. The Hall–Kier alpha value is -2.25. The Morgan fingerprint density at radius 1 is 1.23 bits per heavy atom. The topological polar surface area (TPSA) is 88.7 Å². The van der Waals surface area contributed by atoms with Crippen molar-refractivity contribution in [1.29, 1.82) is 0 Å². The summed E-state index contributed by atoms with van der Waals surface area (Å²) in [5, 5.41) is 14.5. The van der Waals surface area contributed by atoms with Gasteiger partial charge in [-0.05, 0) is 45.1 Å². The lowest BCUT2D eigenvalue weighted by Crippen LogP contribution is -2.54. The number of nitrogens with zero attached hydrogens (tertiary/aromatic N) is 3. The normalized spacial score (nSPS) is 23.6. The van der Waals surface area contributed by atoms with Crippen LogP contribution < -0.4 is 0 Å². The van der Waals surface area contributed by atoms with E-state index in [-0.39, 0.29) is 11.5 Å². The Balaban J connectivity index is 1.24. The first kappa shape index (κ1) is 21.0. The molecular formula is C23H31N3O4. The summed E-state index contributed by atoms with van der Waals surface area (Å²) < 4.78 is 11.4. The van der Waals surface area contributed by atoms with E-state index in [0.717, 1.165) is 24.0 Å². The number of aliphatic hydroxyl groups is 1. The van der Waals surface area contributed by atoms with E-state index in [4.69, 9.17) is 9.26 Å². The van der Waals surface area contributed by atoms with Crippen LogP contribution >= 0.6 is 0 Å². The van der Waals surface area contributed by atoms with Gasteiger partial charge in [-0.25, -0.2) is 0 Å². The van der Waals surface area contributed by atoms with Crippen LogP contribution in [0, 0.1) is 6.92 Å². The number of hydrogen-bond donors (Lipinski definition) is 1. The number of hydrogen-bond acceptors (Lipinski definition) is 6. The maximum atomic E-state index is 12.6. The van der Waals surface area contributed by atoms with E-state index >= 15 is 0 Å². The number of aryl methyl sites for hydroxylation is 2. The summed E-state index contributed by atoms with van der Waals surface area (Å²) >= 11 is 0. The molecule has 7 nitrogen and oxygen atoms in total. The predicted octanol–water partition coefficient (Wildman–Crippen LogP) is 3.29. The fourth-order valence-corrected chi connectivity index (χ4v) is 4.64. The van der Waals surface area contributed by atoms with Crippen LogP contribution in [0.3, 0.4) is 0 Å². The zero-order valence-electron chi connectivity index (χ0n) is 17.9. The van der Waals surface area contributed by atoms with Crippen molar-refractivity contribution < 1.29 is 19.2 Å². The Bertz CT molecular complexity index is 884. The third-order valence-corrected chi connectivity index (χ3v) is 6.41. The number of benzene rings is 1. The first-order chi connectivity index (χ1) is 14.4. The van der Waals surface area contributed by atoms with Crippen LogP contribution in [-0.4, -0.2) is 57.0 Å². The molecule has 7 heteroatoms. The van der Waals surface area contributed by atoms with Crippen molar-refractivity contribution >= 4 is 5.91 Å². The van der Waals surface area contributed by atoms with Gasteiger partial charge in [0, 0.05) is 37.9 Å². The van der Waals surface area contributed by atoms with Crippen LogP contribution in [0.15, 0.2) is 28.8 Å². The van der Waals surface area contributed by atoms with Crippen molar-refractivity contribution in [2.45, 2.75) is 70.0 Å². The van der Waals surface area contributed by atoms with Crippen LogP contribution in [0.5, 0.6) is 0 Å². The molecule has 1 amide bonds. The standard InChI is InChI=1S/C23H31N3O4/c1-17-6-3-4-7-18(17)21-24-19(30-25-21)8-5-9-20(27)26-13-10-23(11-14-26)16-22(2,28)12-15-29-23/h3-4,6-7,28H,5,8-16H2,1-2H3. The van der Waals surface area contributed by atoms with Gasteiger partial charge in [-0.2, -0.15) is 4.98 Å². The second-order valence-corrected chi connectivity index (χ2v) is 9.02. The van der Waals surface area contributed by atoms with Gasteiger partial charge in [0.25, 0.3) is 0 Å². The molecule has 1 unspecified atom stereocenters. The van der Waals surface area contributed by atoms with Crippen molar-refractivity contribution in [3.63, 3.8) is 0 Å². The number of likely N-dealkylation sites (tertiary alicyclic amines) is 1. The highest BCUT2D eigenvalue weighted by atomic mass is 16.5. The Kier molecular flexibility index (Phi) is 5.93. The molecule has 3 heterocycles. The molecule has 2 aromatic rings. The van der Waals surface area contributed by atoms with E-state index in [1.807, 2.05) is 43.0 Å². The first-order valence-corrected chi connectivity index (χ1v) is 10.9. The molecule has 1 N–H and O–H groups in total. The molecule has 1 aromatic carbocycles. The van der Waals surface area contributed by atoms with Gasteiger partial charge in [-0.3, -0.25) is 4.79 Å². The maximum Gasteiger partial charge on any atom is 0.226 e. The van der Waals surface area contributed by atoms with Crippen LogP contribution in [0.25, 0.3) is 11.4 Å². The highest BCUT2D eigenvalue weighted by Crippen LogP contribution is 2.39. The van der Waals surface area contributed by atoms with Gasteiger partial charge in [0.15, 0.2) is 0 Å². The van der Waals surface area contributed by atoms with E-state index < -0.39 is 5.60 Å². The van der Waals surface area contributed by atoms with Gasteiger partial charge in [-0.15, -0.1) is 0 Å². The Labute approximate surface area is 177 Å². The number of piperidine rings is 1. The smallest absolute Gasteiger partial charge is 0.226 e. The van der Waals surface area contributed by atoms with Crippen LogP contribution in [0.1, 0.15) is 56.9 Å². The van der Waals surface area contributed by atoms with Gasteiger partial charge >= 0.3 is 0 Å². The van der Waals surface area contributed by atoms with Gasteiger partial charge in [0.1, 0.15) is 0 Å². The van der Waals surface area contributed by atoms with Gasteiger partial charge in [0.2, 0.25) is 17.6 Å². The first-order valence-electron chi connectivity index (χ1n) is 10.9. The Morgan fingerprint density at radius 2 is 2.00 bits per heavy atom. The molecule has 0 aliphatic carbocycles. The van der Waals surface area contributed by atoms with Gasteiger partial charge in [-0.1, -0.05) is 29.4 Å². The molecule has 0 bridgehead atoms. The number of ether oxygens (including phenoxy) is 1. The maximum absolute atomic E-state index is 12.6. The zero-order valence-corrected chi connectivity index (χ0v) is 17.9. The average molecular weight is 414 g/mol. The molecule has 1 atom stereocenters. The highest BCUT2D eigenvalue weighted by Gasteiger charge is 2.44. The zero-order chi connectivity index (χ0) is 21.2. The van der Waals surface area contributed by atoms with Crippen molar-refractivity contribution in [2.24, 2.45) is 0 Å². The molecule has 162 valence electrons. The number of carbonyl (C=O) groups is 1. The molecule has 2 aliphatic rings. The molecule has 0 saturated carbocycles. The number of rotatable bonds is 5. The van der Waals surface area contributed by atoms with E-state index in [1.54, 1.807) is 0 Å².